The van der Waals surface area contributed by atoms with Crippen LogP contribution in [0.4, 0.5) is 0 Å². The quantitative estimate of drug-likeness (QED) is 0.671. The van der Waals surface area contributed by atoms with Crippen LogP contribution in [0.1, 0.15) is 33.6 Å². The minimum Gasteiger partial charge on any atom is -0.329 e. The van der Waals surface area contributed by atoms with Crippen LogP contribution in [0.5, 0.6) is 0 Å². The largest absolute Gasteiger partial charge is 0.329 e. The molecule has 11 heavy (non-hydrogen) atoms. The summed E-state index contributed by atoms with van der Waals surface area (Å²) < 4.78 is 0. The van der Waals surface area contributed by atoms with Gasteiger partial charge in [-0.25, -0.2) is 0 Å². The highest BCUT2D eigenvalue weighted by Crippen LogP contribution is 2.21. The highest BCUT2D eigenvalue weighted by Gasteiger charge is 2.13. The van der Waals surface area contributed by atoms with Crippen molar-refractivity contribution in [1.29, 1.82) is 0 Å². The van der Waals surface area contributed by atoms with Gasteiger partial charge in [-0.15, -0.1) is 0 Å². The van der Waals surface area contributed by atoms with E-state index in [0.717, 1.165) is 12.5 Å². The molecule has 1 nitrogen and oxygen atoms in total. The smallest absolute Gasteiger partial charge is 0.0195 e. The molecule has 2 heteroatoms. The van der Waals surface area contributed by atoms with Gasteiger partial charge >= 0.3 is 0 Å². The Morgan fingerprint density at radius 1 is 1.36 bits per heavy atom. The van der Waals surface area contributed by atoms with Gasteiger partial charge in [0.15, 0.2) is 0 Å². The van der Waals surface area contributed by atoms with Crippen molar-refractivity contribution in [3.63, 3.8) is 0 Å². The first-order chi connectivity index (χ1) is 5.26. The molecule has 0 spiro atoms. The second-order valence-electron chi connectivity index (χ2n) is 3.00. The van der Waals surface area contributed by atoms with Crippen LogP contribution in [0.15, 0.2) is 0 Å². The van der Waals surface area contributed by atoms with E-state index < -0.39 is 0 Å². The normalized spacial score (nSPS) is 16.4. The first kappa shape index (κ1) is 11.3. The lowest BCUT2D eigenvalue weighted by Gasteiger charge is -2.20. The number of thioether (sulfide) groups is 1. The first-order valence-corrected chi connectivity index (χ1v) is 5.62. The Morgan fingerprint density at radius 2 is 2.00 bits per heavy atom. The predicted octanol–water partition coefficient (Wildman–Crippen LogP) is 2.50. The number of hydrogen-bond acceptors (Lipinski definition) is 2. The Morgan fingerprint density at radius 3 is 2.36 bits per heavy atom. The lowest BCUT2D eigenvalue weighted by molar-refractivity contribution is 0.506. The van der Waals surface area contributed by atoms with Gasteiger partial charge in [-0.1, -0.05) is 27.2 Å². The van der Waals surface area contributed by atoms with Gasteiger partial charge < -0.3 is 5.73 Å². The molecule has 0 amide bonds. The molecule has 0 bridgehead atoms. The molecule has 2 unspecified atom stereocenters. The third kappa shape index (κ3) is 4.70. The summed E-state index contributed by atoms with van der Waals surface area (Å²) in [5.74, 6) is 1.98. The fourth-order valence-corrected chi connectivity index (χ4v) is 2.35. The summed E-state index contributed by atoms with van der Waals surface area (Å²) in [7, 11) is 0. The SMILES string of the molecule is CCCC(C)C(CN)SCC. The van der Waals surface area contributed by atoms with Gasteiger partial charge in [0, 0.05) is 11.8 Å². The molecular weight excluding hydrogens is 154 g/mol. The highest BCUT2D eigenvalue weighted by atomic mass is 32.2. The summed E-state index contributed by atoms with van der Waals surface area (Å²) in [4.78, 5) is 0. The molecule has 0 radical (unpaired) electrons. The molecular formula is C9H21NS. The summed E-state index contributed by atoms with van der Waals surface area (Å²) in [5.41, 5.74) is 5.67. The monoisotopic (exact) mass is 175 g/mol. The van der Waals surface area contributed by atoms with E-state index in [1.165, 1.54) is 18.6 Å². The number of rotatable bonds is 6. The molecule has 0 heterocycles. The third-order valence-electron chi connectivity index (χ3n) is 1.99. The minimum atomic E-state index is 0.681. The van der Waals surface area contributed by atoms with E-state index in [4.69, 9.17) is 5.73 Å². The zero-order valence-corrected chi connectivity index (χ0v) is 8.79. The average molecular weight is 175 g/mol. The third-order valence-corrected chi connectivity index (χ3v) is 3.41. The lowest BCUT2D eigenvalue weighted by Crippen LogP contribution is -2.24. The molecule has 2 N–H and O–H groups in total. The summed E-state index contributed by atoms with van der Waals surface area (Å²) in [6.45, 7) is 7.58. The zero-order valence-electron chi connectivity index (χ0n) is 7.97. The fourth-order valence-electron chi connectivity index (χ4n) is 1.32. The van der Waals surface area contributed by atoms with Gasteiger partial charge in [0.05, 0.1) is 0 Å². The number of hydrogen-bond donors (Lipinski definition) is 1. The van der Waals surface area contributed by atoms with Crippen molar-refractivity contribution >= 4 is 11.8 Å². The van der Waals surface area contributed by atoms with E-state index in [0.29, 0.717) is 5.25 Å². The minimum absolute atomic E-state index is 0.681. The molecule has 0 aromatic carbocycles. The summed E-state index contributed by atoms with van der Waals surface area (Å²) in [6.07, 6.45) is 2.59. The van der Waals surface area contributed by atoms with Crippen molar-refractivity contribution in [2.75, 3.05) is 12.3 Å². The van der Waals surface area contributed by atoms with Crippen LogP contribution in [-0.4, -0.2) is 17.5 Å². The first-order valence-electron chi connectivity index (χ1n) is 4.57. The second-order valence-corrected chi connectivity index (χ2v) is 4.51. The Kier molecular flexibility index (Phi) is 7.18. The molecule has 0 aliphatic rings. The van der Waals surface area contributed by atoms with E-state index in [-0.39, 0.29) is 0 Å². The van der Waals surface area contributed by atoms with Crippen LogP contribution < -0.4 is 5.73 Å². The van der Waals surface area contributed by atoms with E-state index >= 15 is 0 Å². The molecule has 0 aromatic heterocycles. The second kappa shape index (κ2) is 6.99. The Labute approximate surface area is 75.1 Å². The van der Waals surface area contributed by atoms with Crippen LogP contribution in [0.25, 0.3) is 0 Å². The maximum atomic E-state index is 5.67. The Hall–Kier alpha value is 0.310. The van der Waals surface area contributed by atoms with Crippen LogP contribution in [0.2, 0.25) is 0 Å². The van der Waals surface area contributed by atoms with Crippen LogP contribution in [0.3, 0.4) is 0 Å². The molecule has 0 aliphatic heterocycles. The summed E-state index contributed by atoms with van der Waals surface area (Å²) in [5, 5.41) is 0.681. The summed E-state index contributed by atoms with van der Waals surface area (Å²) in [6, 6.07) is 0. The van der Waals surface area contributed by atoms with Crippen LogP contribution in [-0.2, 0) is 0 Å². The lowest BCUT2D eigenvalue weighted by atomic mass is 10.0. The van der Waals surface area contributed by atoms with Gasteiger partial charge in [-0.05, 0) is 18.1 Å². The van der Waals surface area contributed by atoms with Gasteiger partial charge in [0.2, 0.25) is 0 Å². The van der Waals surface area contributed by atoms with Crippen LogP contribution in [0, 0.1) is 5.92 Å². The van der Waals surface area contributed by atoms with Crippen molar-refractivity contribution in [3.05, 3.63) is 0 Å². The van der Waals surface area contributed by atoms with Crippen molar-refractivity contribution in [2.45, 2.75) is 38.9 Å². The van der Waals surface area contributed by atoms with Gasteiger partial charge in [0.1, 0.15) is 0 Å². The predicted molar refractivity (Wildman–Crippen MR) is 55.0 cm³/mol. The maximum absolute atomic E-state index is 5.67. The van der Waals surface area contributed by atoms with E-state index in [1.54, 1.807) is 0 Å². The van der Waals surface area contributed by atoms with Gasteiger partial charge in [0.25, 0.3) is 0 Å². The van der Waals surface area contributed by atoms with Crippen molar-refractivity contribution in [2.24, 2.45) is 11.7 Å². The topological polar surface area (TPSA) is 26.0 Å². The van der Waals surface area contributed by atoms with Crippen molar-refractivity contribution in [3.8, 4) is 0 Å². The van der Waals surface area contributed by atoms with Crippen LogP contribution >= 0.6 is 11.8 Å². The molecule has 0 aromatic rings. The standard InChI is InChI=1S/C9H21NS/c1-4-6-8(3)9(7-10)11-5-2/h8-9H,4-7,10H2,1-3H3. The number of nitrogens with two attached hydrogens (primary N) is 1. The van der Waals surface area contributed by atoms with Crippen molar-refractivity contribution in [1.82, 2.24) is 0 Å². The Balaban J connectivity index is 3.61. The van der Waals surface area contributed by atoms with E-state index in [2.05, 4.69) is 20.8 Å². The molecule has 68 valence electrons. The molecule has 0 saturated carbocycles. The van der Waals surface area contributed by atoms with Gasteiger partial charge in [-0.2, -0.15) is 11.8 Å². The maximum Gasteiger partial charge on any atom is 0.0195 e. The van der Waals surface area contributed by atoms with Gasteiger partial charge in [-0.3, -0.25) is 0 Å². The fraction of sp³-hybridized carbons (Fsp3) is 1.00. The molecule has 0 aliphatic carbocycles. The summed E-state index contributed by atoms with van der Waals surface area (Å²) >= 11 is 2.00. The Bertz CT molecular complexity index is 85.6. The molecule has 2 atom stereocenters. The average Bonchev–Trinajstić information content (AvgIpc) is 2.00. The zero-order chi connectivity index (χ0) is 8.69. The van der Waals surface area contributed by atoms with E-state index in [9.17, 15) is 0 Å². The van der Waals surface area contributed by atoms with Crippen molar-refractivity contribution < 1.29 is 0 Å². The molecule has 0 saturated heterocycles. The molecule has 0 rings (SSSR count). The molecule has 0 fully saturated rings. The highest BCUT2D eigenvalue weighted by molar-refractivity contribution is 7.99. The van der Waals surface area contributed by atoms with E-state index in [1.807, 2.05) is 11.8 Å².